The average Bonchev–Trinajstić information content (AvgIpc) is 3.07. The Labute approximate surface area is 206 Å². The predicted octanol–water partition coefficient (Wildman–Crippen LogP) is 5.40. The van der Waals surface area contributed by atoms with Crippen LogP contribution in [0.1, 0.15) is 91.9 Å². The van der Waals surface area contributed by atoms with Gasteiger partial charge in [0.1, 0.15) is 5.78 Å². The summed E-state index contributed by atoms with van der Waals surface area (Å²) in [5.74, 6) is -2.43. The number of carbonyl (C=O) groups excluding carboxylic acids is 4. The molecule has 0 spiro atoms. The van der Waals surface area contributed by atoms with Gasteiger partial charge in [0.15, 0.2) is 22.8 Å². The van der Waals surface area contributed by atoms with Crippen molar-refractivity contribution in [3.8, 4) is 0 Å². The molecule has 4 rings (SSSR count). The van der Waals surface area contributed by atoms with Gasteiger partial charge in [-0.15, -0.1) is 11.6 Å². The maximum atomic E-state index is 17.3. The number of halogens is 2. The molecule has 190 valence electrons. The first-order valence-corrected chi connectivity index (χ1v) is 13.5. The van der Waals surface area contributed by atoms with Crippen molar-refractivity contribution in [1.82, 2.24) is 0 Å². The van der Waals surface area contributed by atoms with Crippen molar-refractivity contribution in [2.75, 3.05) is 5.88 Å². The molecule has 4 aliphatic carbocycles. The van der Waals surface area contributed by atoms with Gasteiger partial charge in [0.2, 0.25) is 0 Å². The van der Waals surface area contributed by atoms with Crippen LogP contribution in [0.2, 0.25) is 0 Å². The monoisotopic (exact) mass is 496 g/mol. The Kier molecular flexibility index (Phi) is 6.58. The highest BCUT2D eigenvalue weighted by Gasteiger charge is 2.77. The van der Waals surface area contributed by atoms with Crippen molar-refractivity contribution < 1.29 is 28.3 Å². The van der Waals surface area contributed by atoms with Crippen LogP contribution < -0.4 is 0 Å². The highest BCUT2D eigenvalue weighted by atomic mass is 35.5. The van der Waals surface area contributed by atoms with Gasteiger partial charge in [-0.05, 0) is 49.9 Å². The topological polar surface area (TPSA) is 77.5 Å². The summed E-state index contributed by atoms with van der Waals surface area (Å²) in [5, 5.41) is 0. The third kappa shape index (κ3) is 3.29. The molecule has 0 saturated heterocycles. The summed E-state index contributed by atoms with van der Waals surface area (Å²) in [5.41, 5.74) is -5.43. The molecule has 0 heterocycles. The van der Waals surface area contributed by atoms with Crippen molar-refractivity contribution >= 4 is 34.9 Å². The highest BCUT2D eigenvalue weighted by Crippen LogP contribution is 2.71. The van der Waals surface area contributed by atoms with Crippen LogP contribution in [-0.2, 0) is 23.9 Å². The van der Waals surface area contributed by atoms with Gasteiger partial charge in [-0.25, -0.2) is 4.39 Å². The number of ether oxygens (including phenoxy) is 1. The summed E-state index contributed by atoms with van der Waals surface area (Å²) >= 11 is 6.02. The molecular formula is C27H38ClFO5. The number of fused-ring (bicyclic) bond motifs is 5. The van der Waals surface area contributed by atoms with E-state index in [4.69, 9.17) is 16.3 Å². The van der Waals surface area contributed by atoms with Gasteiger partial charge in [-0.1, -0.05) is 34.1 Å². The summed E-state index contributed by atoms with van der Waals surface area (Å²) in [4.78, 5) is 52.1. The number of ketones is 3. The van der Waals surface area contributed by atoms with E-state index in [9.17, 15) is 19.2 Å². The molecule has 34 heavy (non-hydrogen) atoms. The lowest BCUT2D eigenvalue weighted by molar-refractivity contribution is -0.219. The van der Waals surface area contributed by atoms with Gasteiger partial charge in [0.25, 0.3) is 0 Å². The van der Waals surface area contributed by atoms with Crippen LogP contribution in [-0.4, -0.2) is 40.5 Å². The van der Waals surface area contributed by atoms with Gasteiger partial charge in [-0.3, -0.25) is 19.2 Å². The fraction of sp³-hybridized carbons (Fsp3) is 0.852. The minimum atomic E-state index is -2.04. The summed E-state index contributed by atoms with van der Waals surface area (Å²) in [6, 6.07) is 0. The molecule has 4 saturated carbocycles. The van der Waals surface area contributed by atoms with Crippen LogP contribution in [0.15, 0.2) is 0 Å². The van der Waals surface area contributed by atoms with E-state index in [0.29, 0.717) is 38.5 Å². The van der Waals surface area contributed by atoms with Crippen molar-refractivity contribution in [3.63, 3.8) is 0 Å². The number of hydrogen-bond acceptors (Lipinski definition) is 5. The first-order chi connectivity index (χ1) is 15.9. The molecule has 5 nitrogen and oxygen atoms in total. The Morgan fingerprint density at radius 2 is 1.82 bits per heavy atom. The summed E-state index contributed by atoms with van der Waals surface area (Å²) < 4.78 is 23.3. The summed E-state index contributed by atoms with van der Waals surface area (Å²) in [6.07, 6.45) is 3.78. The minimum Gasteiger partial charge on any atom is -0.450 e. The zero-order chi connectivity index (χ0) is 25.1. The fourth-order valence-electron chi connectivity index (χ4n) is 8.56. The second-order valence-electron chi connectivity index (χ2n) is 11.9. The molecule has 0 aliphatic heterocycles. The van der Waals surface area contributed by atoms with E-state index in [1.54, 1.807) is 0 Å². The Bertz CT molecular complexity index is 905. The third-order valence-electron chi connectivity index (χ3n) is 10.4. The predicted molar refractivity (Wildman–Crippen MR) is 126 cm³/mol. The maximum absolute atomic E-state index is 17.3. The van der Waals surface area contributed by atoms with Crippen molar-refractivity contribution in [3.05, 3.63) is 0 Å². The SMILES string of the molecule is CCCCC(=O)O[C@]1(C(=O)CCl)CC[C@H]2[C@@H]3CC(C)C4CC(=O)CC[C@]4(C)[C@@]3(F)C(=O)C[C@@]21C. The first-order valence-electron chi connectivity index (χ1n) is 13.0. The second-order valence-corrected chi connectivity index (χ2v) is 12.2. The molecule has 0 amide bonds. The van der Waals surface area contributed by atoms with E-state index in [0.717, 1.165) is 6.42 Å². The third-order valence-corrected chi connectivity index (χ3v) is 10.6. The van der Waals surface area contributed by atoms with E-state index in [2.05, 4.69) is 6.92 Å². The lowest BCUT2D eigenvalue weighted by atomic mass is 9.41. The van der Waals surface area contributed by atoms with Crippen LogP contribution in [0.3, 0.4) is 0 Å². The maximum Gasteiger partial charge on any atom is 0.306 e. The number of carbonyl (C=O) groups is 4. The van der Waals surface area contributed by atoms with Gasteiger partial charge in [0, 0.05) is 42.4 Å². The zero-order valence-electron chi connectivity index (χ0n) is 20.9. The molecule has 0 aromatic heterocycles. The van der Waals surface area contributed by atoms with E-state index in [1.165, 1.54) is 0 Å². The molecule has 0 N–H and O–H groups in total. The molecule has 4 fully saturated rings. The van der Waals surface area contributed by atoms with Crippen LogP contribution in [0.5, 0.6) is 0 Å². The molecule has 0 aromatic carbocycles. The Hall–Kier alpha value is -1.30. The van der Waals surface area contributed by atoms with Crippen LogP contribution in [0.25, 0.3) is 0 Å². The first kappa shape index (κ1) is 25.8. The Morgan fingerprint density at radius 1 is 1.12 bits per heavy atom. The number of alkyl halides is 2. The smallest absolute Gasteiger partial charge is 0.306 e. The average molecular weight is 497 g/mol. The van der Waals surface area contributed by atoms with E-state index in [-0.39, 0.29) is 54.5 Å². The van der Waals surface area contributed by atoms with Crippen molar-refractivity contribution in [2.45, 2.75) is 103 Å². The van der Waals surface area contributed by atoms with Crippen molar-refractivity contribution in [2.24, 2.45) is 34.5 Å². The van der Waals surface area contributed by atoms with Gasteiger partial charge in [0.05, 0.1) is 5.88 Å². The van der Waals surface area contributed by atoms with E-state index in [1.807, 2.05) is 20.8 Å². The Morgan fingerprint density at radius 3 is 2.47 bits per heavy atom. The summed E-state index contributed by atoms with van der Waals surface area (Å²) in [6.45, 7) is 7.74. The molecule has 7 heteroatoms. The van der Waals surface area contributed by atoms with Gasteiger partial charge < -0.3 is 4.74 Å². The largest absolute Gasteiger partial charge is 0.450 e. The molecule has 0 bridgehead atoms. The van der Waals surface area contributed by atoms with E-state index >= 15 is 4.39 Å². The van der Waals surface area contributed by atoms with Crippen LogP contribution in [0, 0.1) is 34.5 Å². The lowest BCUT2D eigenvalue weighted by Gasteiger charge is -2.64. The number of Topliss-reactive ketones (excluding diaryl/α,β-unsaturated/α-hetero) is 3. The second kappa shape index (κ2) is 8.67. The molecule has 4 aliphatic rings. The molecule has 0 radical (unpaired) electrons. The van der Waals surface area contributed by atoms with Crippen LogP contribution in [0.4, 0.5) is 4.39 Å². The Balaban J connectivity index is 1.76. The molecule has 0 aromatic rings. The standard InChI is InChI=1S/C27H38ClFO5/c1-5-6-7-23(33)34-26(22(32)15-28)11-9-18-20-12-16(2)19-13-17(30)8-10-24(19,3)27(20,29)21(31)14-25(18,26)4/h16,18-20H,5-15H2,1-4H3/t16?,18-,19?,20-,24-,25-,26-,27-/m0/s1. The quantitative estimate of drug-likeness (QED) is 0.363. The van der Waals surface area contributed by atoms with E-state index < -0.39 is 39.8 Å². The lowest BCUT2D eigenvalue weighted by Crippen LogP contribution is -2.71. The number of hydrogen-bond donors (Lipinski definition) is 0. The normalized spacial score (nSPS) is 45.8. The fourth-order valence-corrected chi connectivity index (χ4v) is 8.77. The number of unbranched alkanes of at least 4 members (excludes halogenated alkanes) is 1. The number of rotatable bonds is 6. The minimum absolute atomic E-state index is 0.0871. The molecular weight excluding hydrogens is 459 g/mol. The summed E-state index contributed by atoms with van der Waals surface area (Å²) in [7, 11) is 0. The van der Waals surface area contributed by atoms with Gasteiger partial charge >= 0.3 is 5.97 Å². The molecule has 2 unspecified atom stereocenters. The highest BCUT2D eigenvalue weighted by molar-refractivity contribution is 6.29. The number of esters is 1. The molecule has 8 atom stereocenters. The van der Waals surface area contributed by atoms with Gasteiger partial charge in [-0.2, -0.15) is 0 Å². The zero-order valence-corrected chi connectivity index (χ0v) is 21.6. The van der Waals surface area contributed by atoms with Crippen molar-refractivity contribution in [1.29, 1.82) is 0 Å². The van der Waals surface area contributed by atoms with Crippen LogP contribution >= 0.6 is 11.6 Å².